The number of amides is 1. The summed E-state index contributed by atoms with van der Waals surface area (Å²) in [6, 6.07) is 5.31. The summed E-state index contributed by atoms with van der Waals surface area (Å²) in [6.07, 6.45) is -0.288. The number of alkyl halides is 3. The first-order valence-corrected chi connectivity index (χ1v) is 13.4. The highest BCUT2D eigenvalue weighted by atomic mass is 35.5. The molecule has 41 heavy (non-hydrogen) atoms. The van der Waals surface area contributed by atoms with Gasteiger partial charge in [0.2, 0.25) is 11.8 Å². The molecule has 4 aromatic rings. The maximum absolute atomic E-state index is 15.4. The quantitative estimate of drug-likeness (QED) is 0.235. The van der Waals surface area contributed by atoms with Gasteiger partial charge in [0.05, 0.1) is 29.4 Å². The summed E-state index contributed by atoms with van der Waals surface area (Å²) in [4.78, 5) is 26.9. The SMILES string of the molecule is CCn1cc(C(F)(F)F)nc1-c1ccc(C(C)N2C(=O)CCn3nc(-c4c(OCl)ncnc4C4CC4)cc32)cc1F. The van der Waals surface area contributed by atoms with Crippen LogP contribution in [-0.4, -0.2) is 35.2 Å². The van der Waals surface area contributed by atoms with Crippen molar-refractivity contribution in [3.8, 4) is 28.5 Å². The third-order valence-electron chi connectivity index (χ3n) is 7.46. The van der Waals surface area contributed by atoms with E-state index in [9.17, 15) is 18.0 Å². The van der Waals surface area contributed by atoms with Crippen molar-refractivity contribution in [1.29, 1.82) is 0 Å². The van der Waals surface area contributed by atoms with E-state index in [0.29, 0.717) is 29.2 Å². The molecular weight excluding hydrogens is 566 g/mol. The van der Waals surface area contributed by atoms with Crippen molar-refractivity contribution in [3.05, 3.63) is 59.6 Å². The zero-order valence-electron chi connectivity index (χ0n) is 22.0. The van der Waals surface area contributed by atoms with Gasteiger partial charge in [-0.2, -0.15) is 23.3 Å². The van der Waals surface area contributed by atoms with Crippen LogP contribution < -0.4 is 9.19 Å². The van der Waals surface area contributed by atoms with Crippen molar-refractivity contribution in [3.63, 3.8) is 0 Å². The predicted molar refractivity (Wildman–Crippen MR) is 141 cm³/mol. The lowest BCUT2D eigenvalue weighted by atomic mass is 10.0. The molecule has 9 nitrogen and oxygen atoms in total. The number of fused-ring (bicyclic) bond motifs is 1. The molecular formula is C27H24ClF4N7O2. The zero-order chi connectivity index (χ0) is 29.1. The Hall–Kier alpha value is -4.00. The van der Waals surface area contributed by atoms with E-state index in [-0.39, 0.29) is 42.1 Å². The van der Waals surface area contributed by atoms with E-state index >= 15 is 4.39 Å². The van der Waals surface area contributed by atoms with Gasteiger partial charge in [0.1, 0.15) is 41.3 Å². The van der Waals surface area contributed by atoms with Crippen LogP contribution in [0.1, 0.15) is 62.0 Å². The fraction of sp³-hybridized carbons (Fsp3) is 0.370. The molecule has 0 radical (unpaired) electrons. The lowest BCUT2D eigenvalue weighted by molar-refractivity contribution is -0.140. The number of carbonyl (C=O) groups is 1. The molecule has 0 spiro atoms. The highest BCUT2D eigenvalue weighted by Crippen LogP contribution is 2.46. The molecule has 214 valence electrons. The van der Waals surface area contributed by atoms with Crippen molar-refractivity contribution in [1.82, 2.24) is 29.3 Å². The molecule has 6 rings (SSSR count). The largest absolute Gasteiger partial charge is 0.434 e. The molecule has 14 heteroatoms. The fourth-order valence-electron chi connectivity index (χ4n) is 5.23. The van der Waals surface area contributed by atoms with E-state index in [2.05, 4.69) is 15.0 Å². The molecule has 0 bridgehead atoms. The monoisotopic (exact) mass is 589 g/mol. The molecule has 1 amide bonds. The van der Waals surface area contributed by atoms with E-state index < -0.39 is 23.7 Å². The predicted octanol–water partition coefficient (Wildman–Crippen LogP) is 6.29. The molecule has 3 aromatic heterocycles. The van der Waals surface area contributed by atoms with E-state index in [1.54, 1.807) is 30.7 Å². The van der Waals surface area contributed by atoms with Gasteiger partial charge in [-0.3, -0.25) is 9.69 Å². The van der Waals surface area contributed by atoms with Gasteiger partial charge in [0, 0.05) is 31.1 Å². The second kappa shape index (κ2) is 10.1. The summed E-state index contributed by atoms with van der Waals surface area (Å²) in [5, 5.41) is 4.70. The Morgan fingerprint density at radius 2 is 1.98 bits per heavy atom. The van der Waals surface area contributed by atoms with Crippen LogP contribution in [-0.2, 0) is 24.1 Å². The normalized spacial score (nSPS) is 16.2. The number of hydrogen-bond donors (Lipinski definition) is 0. The maximum Gasteiger partial charge on any atom is 0.434 e. The second-order valence-corrected chi connectivity index (χ2v) is 10.2. The summed E-state index contributed by atoms with van der Waals surface area (Å²) >= 11 is 5.72. The van der Waals surface area contributed by atoms with Gasteiger partial charge in [0.25, 0.3) is 0 Å². The summed E-state index contributed by atoms with van der Waals surface area (Å²) in [5.74, 6) is -0.148. The number of rotatable bonds is 7. The summed E-state index contributed by atoms with van der Waals surface area (Å²) in [6.45, 7) is 3.92. The number of aromatic nitrogens is 6. The standard InChI is InChI=1S/C27H24ClF4N7O2/c1-3-37-12-20(27(30,31)32)35-25(37)17-7-6-16(10-18(17)29)14(2)39-21-11-19(36-38(21)9-8-22(39)40)23-24(15-4-5-15)33-13-34-26(23)41-28/h6-7,10-15H,3-5,8-9H2,1-2H3. The molecule has 1 aromatic carbocycles. The Kier molecular flexibility index (Phi) is 6.71. The van der Waals surface area contributed by atoms with E-state index in [1.165, 1.54) is 27.9 Å². The van der Waals surface area contributed by atoms with Gasteiger partial charge in [-0.15, -0.1) is 0 Å². The number of imidazole rings is 1. The second-order valence-electron chi connectivity index (χ2n) is 10.1. The lowest BCUT2D eigenvalue weighted by Crippen LogP contribution is -2.39. The van der Waals surface area contributed by atoms with Gasteiger partial charge >= 0.3 is 6.18 Å². The first-order valence-electron chi connectivity index (χ1n) is 13.1. The first-order chi connectivity index (χ1) is 19.6. The third-order valence-corrected chi connectivity index (χ3v) is 7.60. The van der Waals surface area contributed by atoms with Crippen LogP contribution in [0.3, 0.4) is 0 Å². The van der Waals surface area contributed by atoms with Crippen LogP contribution in [0.25, 0.3) is 22.6 Å². The number of aryl methyl sites for hydroxylation is 2. The molecule has 4 heterocycles. The van der Waals surface area contributed by atoms with E-state index in [1.807, 2.05) is 0 Å². The number of nitrogens with zero attached hydrogens (tertiary/aromatic N) is 7. The minimum atomic E-state index is -4.65. The van der Waals surface area contributed by atoms with Crippen LogP contribution in [0, 0.1) is 5.82 Å². The van der Waals surface area contributed by atoms with Gasteiger partial charge in [-0.05, 0) is 44.4 Å². The first kappa shape index (κ1) is 27.2. The fourth-order valence-corrected chi connectivity index (χ4v) is 5.35. The van der Waals surface area contributed by atoms with Gasteiger partial charge < -0.3 is 8.86 Å². The number of benzene rings is 1. The molecule has 1 saturated carbocycles. The Bertz CT molecular complexity index is 1650. The lowest BCUT2D eigenvalue weighted by Gasteiger charge is -2.33. The van der Waals surface area contributed by atoms with Crippen molar-refractivity contribution in [2.75, 3.05) is 4.90 Å². The van der Waals surface area contributed by atoms with Crippen molar-refractivity contribution in [2.24, 2.45) is 0 Å². The van der Waals surface area contributed by atoms with Crippen LogP contribution in [0.2, 0.25) is 0 Å². The molecule has 1 aliphatic carbocycles. The minimum absolute atomic E-state index is 0.0686. The number of anilines is 1. The Balaban J connectivity index is 1.36. The molecule has 1 fully saturated rings. The molecule has 1 unspecified atom stereocenters. The van der Waals surface area contributed by atoms with Crippen LogP contribution >= 0.6 is 11.9 Å². The van der Waals surface area contributed by atoms with E-state index in [4.69, 9.17) is 21.3 Å². The highest BCUT2D eigenvalue weighted by molar-refractivity contribution is 6.09. The van der Waals surface area contributed by atoms with Crippen LogP contribution in [0.4, 0.5) is 23.4 Å². The molecule has 0 saturated heterocycles. The van der Waals surface area contributed by atoms with Crippen molar-refractivity contribution in [2.45, 2.75) is 64.3 Å². The van der Waals surface area contributed by atoms with E-state index in [0.717, 1.165) is 24.7 Å². The Morgan fingerprint density at radius 3 is 2.63 bits per heavy atom. The Labute approximate surface area is 236 Å². The molecule has 1 aliphatic heterocycles. The van der Waals surface area contributed by atoms with Crippen molar-refractivity contribution < 1.29 is 26.6 Å². The van der Waals surface area contributed by atoms with Crippen molar-refractivity contribution >= 4 is 23.6 Å². The van der Waals surface area contributed by atoms with Gasteiger partial charge in [0.15, 0.2) is 5.69 Å². The third kappa shape index (κ3) is 4.81. The summed E-state index contributed by atoms with van der Waals surface area (Å²) in [7, 11) is 0. The summed E-state index contributed by atoms with van der Waals surface area (Å²) < 4.78 is 63.1. The molecule has 0 N–H and O–H groups in total. The smallest absolute Gasteiger partial charge is 0.364 e. The molecule has 1 atom stereocenters. The maximum atomic E-state index is 15.4. The average molecular weight is 590 g/mol. The summed E-state index contributed by atoms with van der Waals surface area (Å²) in [5.41, 5.74) is 1.12. The minimum Gasteiger partial charge on any atom is -0.364 e. The van der Waals surface area contributed by atoms with Gasteiger partial charge in [-0.25, -0.2) is 19.0 Å². The Morgan fingerprint density at radius 1 is 1.20 bits per heavy atom. The topological polar surface area (TPSA) is 91.0 Å². The van der Waals surface area contributed by atoms with Gasteiger partial charge in [-0.1, -0.05) is 6.07 Å². The number of carbonyl (C=O) groups excluding carboxylic acids is 1. The highest BCUT2D eigenvalue weighted by Gasteiger charge is 2.37. The van der Waals surface area contributed by atoms with Crippen LogP contribution in [0.5, 0.6) is 5.88 Å². The zero-order valence-corrected chi connectivity index (χ0v) is 22.7. The van der Waals surface area contributed by atoms with Crippen LogP contribution in [0.15, 0.2) is 36.8 Å². The average Bonchev–Trinajstić information content (AvgIpc) is 3.55. The number of hydrogen-bond acceptors (Lipinski definition) is 6. The number of halogens is 5. The molecule has 2 aliphatic rings.